The summed E-state index contributed by atoms with van der Waals surface area (Å²) >= 11 is 0. The Hall–Kier alpha value is 0.230. The summed E-state index contributed by atoms with van der Waals surface area (Å²) in [5, 5.41) is 0. The highest BCUT2D eigenvalue weighted by Gasteiger charge is 1.95. The van der Waals surface area contributed by atoms with E-state index < -0.39 is 8.53 Å². The largest absolute Gasteiger partial charge is 0.338 e. The molecule has 138 valence electrons. The lowest BCUT2D eigenvalue weighted by atomic mass is 10.3. The van der Waals surface area contributed by atoms with E-state index in [-0.39, 0.29) is 0 Å². The van der Waals surface area contributed by atoms with Gasteiger partial charge in [0.05, 0.1) is 0 Å². The van der Waals surface area contributed by atoms with Gasteiger partial charge in [0.1, 0.15) is 0 Å². The van der Waals surface area contributed by atoms with E-state index in [0.29, 0.717) is 0 Å². The van der Waals surface area contributed by atoms with Crippen molar-refractivity contribution >= 4 is 8.53 Å². The van der Waals surface area contributed by atoms with E-state index >= 15 is 0 Å². The van der Waals surface area contributed by atoms with Crippen molar-refractivity contribution in [1.29, 1.82) is 0 Å². The van der Waals surface area contributed by atoms with Gasteiger partial charge in [-0.15, -0.1) is 0 Å². The second kappa shape index (κ2) is 23.5. The van der Waals surface area contributed by atoms with Gasteiger partial charge >= 0.3 is 0 Å². The van der Waals surface area contributed by atoms with Gasteiger partial charge in [0.2, 0.25) is 8.53 Å². The van der Waals surface area contributed by atoms with Gasteiger partial charge in [0, 0.05) is 0 Å². The summed E-state index contributed by atoms with van der Waals surface area (Å²) in [4.78, 5) is 19.8. The molecule has 0 unspecified atom stereocenters. The molecule has 0 spiro atoms. The van der Waals surface area contributed by atoms with Gasteiger partial charge in [-0.25, -0.2) is 0 Å². The van der Waals surface area contributed by atoms with Crippen LogP contribution in [0.2, 0.25) is 0 Å². The summed E-state index contributed by atoms with van der Waals surface area (Å²) in [5.74, 6) is 0. The maximum Gasteiger partial charge on any atom is 0.247 e. The second-order valence-electron chi connectivity index (χ2n) is 5.08. The molecule has 0 aliphatic carbocycles. The minimum Gasteiger partial charge on any atom is -0.338 e. The van der Waals surface area contributed by atoms with Gasteiger partial charge in [-0.3, -0.25) is 5.50 Å². The highest BCUT2D eigenvalue weighted by Crippen LogP contribution is 2.05. The third kappa shape index (κ3) is 28.4. The molecule has 0 aliphatic rings. The SMILES string of the molecule is CCCCN(CC)CC.CCCCN(CC)CC.NP(O)O. The Morgan fingerprint density at radius 3 is 1.05 bits per heavy atom. The van der Waals surface area contributed by atoms with E-state index in [1.165, 1.54) is 65.0 Å². The lowest BCUT2D eigenvalue weighted by Crippen LogP contribution is -2.23. The van der Waals surface area contributed by atoms with Crippen LogP contribution in [-0.2, 0) is 0 Å². The van der Waals surface area contributed by atoms with Gasteiger partial charge in [-0.2, -0.15) is 0 Å². The van der Waals surface area contributed by atoms with Crippen LogP contribution in [0.4, 0.5) is 0 Å². The molecule has 0 aromatic carbocycles. The predicted molar refractivity (Wildman–Crippen MR) is 101 cm³/mol. The van der Waals surface area contributed by atoms with Crippen molar-refractivity contribution in [2.45, 2.75) is 67.2 Å². The molecule has 4 N–H and O–H groups in total. The lowest BCUT2D eigenvalue weighted by molar-refractivity contribution is 0.299. The molecule has 0 saturated carbocycles. The van der Waals surface area contributed by atoms with Crippen molar-refractivity contribution in [2.75, 3.05) is 39.3 Å². The van der Waals surface area contributed by atoms with Crippen molar-refractivity contribution in [1.82, 2.24) is 9.80 Å². The summed E-state index contributed by atoms with van der Waals surface area (Å²) < 4.78 is 0. The zero-order valence-electron chi connectivity index (χ0n) is 15.9. The molecule has 6 heteroatoms. The Kier molecular flexibility index (Phi) is 28.9. The highest BCUT2D eigenvalue weighted by molar-refractivity contribution is 7.42. The summed E-state index contributed by atoms with van der Waals surface area (Å²) in [7, 11) is -2.12. The van der Waals surface area contributed by atoms with Gasteiger partial charge in [-0.05, 0) is 52.1 Å². The molecule has 0 amide bonds. The monoisotopic (exact) mass is 339 g/mol. The molecule has 0 rings (SSSR count). The summed E-state index contributed by atoms with van der Waals surface area (Å²) in [5.41, 5.74) is 4.29. The van der Waals surface area contributed by atoms with Crippen molar-refractivity contribution in [2.24, 2.45) is 5.50 Å². The van der Waals surface area contributed by atoms with E-state index in [4.69, 9.17) is 9.79 Å². The Morgan fingerprint density at radius 2 is 0.909 bits per heavy atom. The molecule has 0 saturated heterocycles. The van der Waals surface area contributed by atoms with Crippen LogP contribution < -0.4 is 5.50 Å². The number of hydrogen-bond donors (Lipinski definition) is 3. The van der Waals surface area contributed by atoms with Crippen LogP contribution in [0.15, 0.2) is 0 Å². The van der Waals surface area contributed by atoms with Crippen LogP contribution in [0.5, 0.6) is 0 Å². The fourth-order valence-corrected chi connectivity index (χ4v) is 1.84. The molecule has 0 atom stereocenters. The van der Waals surface area contributed by atoms with Crippen molar-refractivity contribution in [3.05, 3.63) is 0 Å². The fourth-order valence-electron chi connectivity index (χ4n) is 1.84. The van der Waals surface area contributed by atoms with Crippen LogP contribution in [0.3, 0.4) is 0 Å². The zero-order valence-corrected chi connectivity index (χ0v) is 16.8. The van der Waals surface area contributed by atoms with Gasteiger partial charge in [0.25, 0.3) is 0 Å². The number of nitrogens with two attached hydrogens (primary N) is 1. The third-order valence-corrected chi connectivity index (χ3v) is 3.44. The van der Waals surface area contributed by atoms with Crippen LogP contribution in [0, 0.1) is 0 Å². The quantitative estimate of drug-likeness (QED) is 0.532. The van der Waals surface area contributed by atoms with E-state index in [0.717, 1.165) is 0 Å². The van der Waals surface area contributed by atoms with Gasteiger partial charge in [0.15, 0.2) is 0 Å². The first-order chi connectivity index (χ1) is 10.4. The Balaban J connectivity index is -0.000000266. The average Bonchev–Trinajstić information content (AvgIpc) is 2.50. The van der Waals surface area contributed by atoms with Crippen LogP contribution in [0.25, 0.3) is 0 Å². The van der Waals surface area contributed by atoms with Crippen LogP contribution >= 0.6 is 8.53 Å². The Morgan fingerprint density at radius 1 is 0.682 bits per heavy atom. The summed E-state index contributed by atoms with van der Waals surface area (Å²) in [6.45, 7) is 20.7. The number of unbranched alkanes of at least 4 members (excludes halogenated alkanes) is 2. The normalized spacial score (nSPS) is 10.4. The first-order valence-corrected chi connectivity index (χ1v) is 10.1. The minimum atomic E-state index is -2.12. The van der Waals surface area contributed by atoms with Crippen molar-refractivity contribution < 1.29 is 9.79 Å². The first kappa shape index (κ1) is 27.1. The van der Waals surface area contributed by atoms with Crippen molar-refractivity contribution in [3.63, 3.8) is 0 Å². The molecule has 0 aromatic rings. The molecular formula is C16H42N3O2P. The van der Waals surface area contributed by atoms with Crippen molar-refractivity contribution in [3.8, 4) is 0 Å². The Labute approximate surface area is 140 Å². The van der Waals surface area contributed by atoms with Crippen LogP contribution in [0.1, 0.15) is 67.2 Å². The highest BCUT2D eigenvalue weighted by atomic mass is 31.2. The molecule has 0 heterocycles. The van der Waals surface area contributed by atoms with E-state index in [9.17, 15) is 0 Å². The summed E-state index contributed by atoms with van der Waals surface area (Å²) in [6, 6.07) is 0. The van der Waals surface area contributed by atoms with E-state index in [2.05, 4.69) is 56.8 Å². The maximum absolute atomic E-state index is 7.45. The molecule has 0 bridgehead atoms. The van der Waals surface area contributed by atoms with E-state index in [1.807, 2.05) is 0 Å². The van der Waals surface area contributed by atoms with E-state index in [1.54, 1.807) is 0 Å². The first-order valence-electron chi connectivity index (χ1n) is 8.80. The molecule has 0 aliphatic heterocycles. The minimum absolute atomic E-state index is 1.20. The fraction of sp³-hybridized carbons (Fsp3) is 1.00. The molecular weight excluding hydrogens is 297 g/mol. The maximum atomic E-state index is 7.45. The summed E-state index contributed by atoms with van der Waals surface area (Å²) in [6.07, 6.45) is 5.33. The number of hydrogen-bond acceptors (Lipinski definition) is 5. The lowest BCUT2D eigenvalue weighted by Gasteiger charge is -2.16. The molecule has 5 nitrogen and oxygen atoms in total. The van der Waals surface area contributed by atoms with Gasteiger partial charge < -0.3 is 19.6 Å². The smallest absolute Gasteiger partial charge is 0.247 e. The number of nitrogens with zero attached hydrogens (tertiary/aromatic N) is 2. The zero-order chi connectivity index (χ0) is 17.8. The molecule has 0 aromatic heterocycles. The average molecular weight is 340 g/mol. The van der Waals surface area contributed by atoms with Crippen LogP contribution in [-0.4, -0.2) is 58.9 Å². The topological polar surface area (TPSA) is 73.0 Å². The Bertz CT molecular complexity index is 160. The molecule has 22 heavy (non-hydrogen) atoms. The molecule has 0 fully saturated rings. The third-order valence-electron chi connectivity index (χ3n) is 3.44. The second-order valence-corrected chi connectivity index (χ2v) is 5.72. The number of rotatable bonds is 10. The predicted octanol–water partition coefficient (Wildman–Crippen LogP) is 3.41. The molecule has 0 radical (unpaired) electrons. The standard InChI is InChI=1S/2C8H19N.H4NO2P/c2*1-4-7-8-9(5-2)6-3;1-4(2)3/h2*4-8H2,1-3H3;2-3H,1H2. The van der Waals surface area contributed by atoms with Gasteiger partial charge in [-0.1, -0.05) is 54.4 Å².